The molecule has 0 saturated heterocycles. The fourth-order valence-corrected chi connectivity index (χ4v) is 2.11. The normalized spacial score (nSPS) is 10.4. The van der Waals surface area contributed by atoms with Crippen molar-refractivity contribution in [2.75, 3.05) is 0 Å². The first-order chi connectivity index (χ1) is 8.49. The lowest BCUT2D eigenvalue weighted by molar-refractivity contribution is 0.0695. The van der Waals surface area contributed by atoms with Gasteiger partial charge in [-0.25, -0.2) is 9.18 Å². The van der Waals surface area contributed by atoms with Crippen LogP contribution in [-0.2, 0) is 0 Å². The lowest BCUT2D eigenvalue weighted by Crippen LogP contribution is -2.03. The molecule has 0 amide bonds. The second-order valence-electron chi connectivity index (χ2n) is 4.30. The number of carboxylic acid groups (broad SMARTS) is 1. The Morgan fingerprint density at radius 1 is 1.00 bits per heavy atom. The molecule has 2 aromatic carbocycles. The van der Waals surface area contributed by atoms with E-state index in [-0.39, 0.29) is 5.82 Å². The summed E-state index contributed by atoms with van der Waals surface area (Å²) in [6.07, 6.45) is 0. The lowest BCUT2D eigenvalue weighted by atomic mass is 9.96. The molecule has 0 heterocycles. The van der Waals surface area contributed by atoms with Crippen LogP contribution in [0.4, 0.5) is 4.39 Å². The molecule has 2 rings (SSSR count). The van der Waals surface area contributed by atoms with E-state index < -0.39 is 5.97 Å². The quantitative estimate of drug-likeness (QED) is 0.872. The van der Waals surface area contributed by atoms with Gasteiger partial charge in [0.15, 0.2) is 0 Å². The molecule has 0 radical (unpaired) electrons. The van der Waals surface area contributed by atoms with E-state index in [2.05, 4.69) is 0 Å². The maximum Gasteiger partial charge on any atom is 0.336 e. The van der Waals surface area contributed by atoms with Crippen LogP contribution in [0.3, 0.4) is 0 Å². The molecule has 3 heteroatoms. The number of hydrogen-bond donors (Lipinski definition) is 1. The van der Waals surface area contributed by atoms with Crippen molar-refractivity contribution in [3.63, 3.8) is 0 Å². The number of aryl methyl sites for hydroxylation is 2. The topological polar surface area (TPSA) is 37.3 Å². The highest BCUT2D eigenvalue weighted by molar-refractivity contribution is 5.92. The van der Waals surface area contributed by atoms with Crippen LogP contribution in [0.1, 0.15) is 21.5 Å². The molecule has 0 atom stereocenters. The summed E-state index contributed by atoms with van der Waals surface area (Å²) in [5, 5.41) is 9.09. The van der Waals surface area contributed by atoms with E-state index in [1.807, 2.05) is 12.1 Å². The minimum atomic E-state index is -0.921. The molecular formula is C15H13FO2. The molecule has 0 aliphatic heterocycles. The molecule has 0 fully saturated rings. The first kappa shape index (κ1) is 12.3. The number of halogens is 1. The average molecular weight is 244 g/mol. The van der Waals surface area contributed by atoms with Crippen molar-refractivity contribution in [3.05, 3.63) is 58.9 Å². The summed E-state index contributed by atoms with van der Waals surface area (Å²) in [5.41, 5.74) is 3.53. The summed E-state index contributed by atoms with van der Waals surface area (Å²) >= 11 is 0. The number of carbonyl (C=O) groups is 1. The summed E-state index contributed by atoms with van der Waals surface area (Å²) in [4.78, 5) is 11.1. The first-order valence-electron chi connectivity index (χ1n) is 5.59. The third kappa shape index (κ3) is 2.25. The second-order valence-corrected chi connectivity index (χ2v) is 4.30. The molecule has 0 aromatic heterocycles. The van der Waals surface area contributed by atoms with Crippen LogP contribution >= 0.6 is 0 Å². The van der Waals surface area contributed by atoms with E-state index in [0.29, 0.717) is 16.7 Å². The highest BCUT2D eigenvalue weighted by atomic mass is 19.1. The Balaban J connectivity index is 2.54. The van der Waals surface area contributed by atoms with Crippen molar-refractivity contribution in [1.82, 2.24) is 0 Å². The van der Waals surface area contributed by atoms with Crippen molar-refractivity contribution in [1.29, 1.82) is 0 Å². The third-order valence-corrected chi connectivity index (χ3v) is 2.92. The molecular weight excluding hydrogens is 231 g/mol. The van der Waals surface area contributed by atoms with E-state index >= 15 is 0 Å². The van der Waals surface area contributed by atoms with Crippen LogP contribution in [0.15, 0.2) is 36.4 Å². The Morgan fingerprint density at radius 3 is 1.94 bits per heavy atom. The van der Waals surface area contributed by atoms with Crippen molar-refractivity contribution < 1.29 is 14.3 Å². The van der Waals surface area contributed by atoms with Gasteiger partial charge in [-0.1, -0.05) is 24.3 Å². The molecule has 0 bridgehead atoms. The average Bonchev–Trinajstić information content (AvgIpc) is 2.28. The highest BCUT2D eigenvalue weighted by Crippen LogP contribution is 2.25. The fourth-order valence-electron chi connectivity index (χ4n) is 2.11. The van der Waals surface area contributed by atoms with Gasteiger partial charge >= 0.3 is 5.97 Å². The SMILES string of the molecule is Cc1cc(-c2ccc(F)cc2)cc(C)c1C(=O)O. The number of rotatable bonds is 2. The molecule has 0 aliphatic rings. The predicted octanol–water partition coefficient (Wildman–Crippen LogP) is 3.81. The van der Waals surface area contributed by atoms with Crippen LogP contribution in [0.5, 0.6) is 0 Å². The first-order valence-corrected chi connectivity index (χ1v) is 5.59. The number of hydrogen-bond acceptors (Lipinski definition) is 1. The van der Waals surface area contributed by atoms with Crippen LogP contribution < -0.4 is 0 Å². The van der Waals surface area contributed by atoms with E-state index in [9.17, 15) is 9.18 Å². The van der Waals surface area contributed by atoms with Crippen molar-refractivity contribution in [2.45, 2.75) is 13.8 Å². The van der Waals surface area contributed by atoms with Gasteiger partial charge in [-0.15, -0.1) is 0 Å². The molecule has 1 N–H and O–H groups in total. The Morgan fingerprint density at radius 2 is 1.50 bits per heavy atom. The minimum Gasteiger partial charge on any atom is -0.478 e. The van der Waals surface area contributed by atoms with Gasteiger partial charge in [-0.05, 0) is 48.2 Å². The van der Waals surface area contributed by atoms with Gasteiger partial charge in [0.05, 0.1) is 5.56 Å². The smallest absolute Gasteiger partial charge is 0.336 e. The van der Waals surface area contributed by atoms with E-state index in [1.54, 1.807) is 26.0 Å². The van der Waals surface area contributed by atoms with Gasteiger partial charge in [0.25, 0.3) is 0 Å². The van der Waals surface area contributed by atoms with Crippen molar-refractivity contribution in [2.24, 2.45) is 0 Å². The summed E-state index contributed by atoms with van der Waals surface area (Å²) in [5.74, 6) is -1.20. The van der Waals surface area contributed by atoms with Crippen molar-refractivity contribution >= 4 is 5.97 Å². The van der Waals surface area contributed by atoms with Crippen LogP contribution in [0.2, 0.25) is 0 Å². The van der Waals surface area contributed by atoms with Crippen molar-refractivity contribution in [3.8, 4) is 11.1 Å². The second kappa shape index (κ2) is 4.61. The minimum absolute atomic E-state index is 0.283. The third-order valence-electron chi connectivity index (χ3n) is 2.92. The zero-order valence-electron chi connectivity index (χ0n) is 10.2. The Kier molecular flexibility index (Phi) is 3.15. The highest BCUT2D eigenvalue weighted by Gasteiger charge is 2.12. The van der Waals surface area contributed by atoms with E-state index in [4.69, 9.17) is 5.11 Å². The maximum absolute atomic E-state index is 12.9. The molecule has 0 aliphatic carbocycles. The van der Waals surface area contributed by atoms with Gasteiger partial charge in [0.2, 0.25) is 0 Å². The van der Waals surface area contributed by atoms with Gasteiger partial charge in [0.1, 0.15) is 5.82 Å². The van der Waals surface area contributed by atoms with Crippen LogP contribution in [0, 0.1) is 19.7 Å². The molecule has 92 valence electrons. The van der Waals surface area contributed by atoms with Gasteiger partial charge < -0.3 is 5.11 Å². The molecule has 0 spiro atoms. The van der Waals surface area contributed by atoms with Gasteiger partial charge in [0, 0.05) is 0 Å². The molecule has 0 unspecified atom stereocenters. The molecule has 0 saturated carbocycles. The summed E-state index contributed by atoms with van der Waals surface area (Å²) in [6.45, 7) is 3.53. The maximum atomic E-state index is 12.9. The Bertz CT molecular complexity index is 577. The lowest BCUT2D eigenvalue weighted by Gasteiger charge is -2.09. The van der Waals surface area contributed by atoms with Gasteiger partial charge in [-0.3, -0.25) is 0 Å². The fraction of sp³-hybridized carbons (Fsp3) is 0.133. The molecule has 18 heavy (non-hydrogen) atoms. The summed E-state index contributed by atoms with van der Waals surface area (Å²) in [7, 11) is 0. The standard InChI is InChI=1S/C15H13FO2/c1-9-7-12(8-10(2)14(9)15(17)18)11-3-5-13(16)6-4-11/h3-8H,1-2H3,(H,17,18). The monoisotopic (exact) mass is 244 g/mol. The molecule has 2 nitrogen and oxygen atoms in total. The number of benzene rings is 2. The zero-order chi connectivity index (χ0) is 13.3. The Hall–Kier alpha value is -2.16. The Labute approximate surface area is 105 Å². The number of carboxylic acids is 1. The zero-order valence-corrected chi connectivity index (χ0v) is 10.2. The van der Waals surface area contributed by atoms with Crippen LogP contribution in [-0.4, -0.2) is 11.1 Å². The van der Waals surface area contributed by atoms with Crippen LogP contribution in [0.25, 0.3) is 11.1 Å². The largest absolute Gasteiger partial charge is 0.478 e. The predicted molar refractivity (Wildman–Crippen MR) is 68.3 cm³/mol. The molecule has 2 aromatic rings. The van der Waals surface area contributed by atoms with E-state index in [1.165, 1.54) is 12.1 Å². The summed E-state index contributed by atoms with van der Waals surface area (Å²) in [6, 6.07) is 9.78. The van der Waals surface area contributed by atoms with Gasteiger partial charge in [-0.2, -0.15) is 0 Å². The van der Waals surface area contributed by atoms with E-state index in [0.717, 1.165) is 11.1 Å². The summed E-state index contributed by atoms with van der Waals surface area (Å²) < 4.78 is 12.9. The number of aromatic carboxylic acids is 1.